The maximum absolute atomic E-state index is 12.4. The lowest BCUT2D eigenvalue weighted by atomic mass is 10.2. The fraction of sp³-hybridized carbons (Fsp3) is 0.444. The average Bonchev–Trinajstić information content (AvgIpc) is 2.88. The van der Waals surface area contributed by atoms with E-state index in [-0.39, 0.29) is 12.0 Å². The van der Waals surface area contributed by atoms with Gasteiger partial charge < -0.3 is 10.1 Å². The third kappa shape index (κ3) is 4.01. The summed E-state index contributed by atoms with van der Waals surface area (Å²) in [7, 11) is 0. The number of aryl methyl sites for hydroxylation is 2. The lowest BCUT2D eigenvalue weighted by Gasteiger charge is -2.30. The van der Waals surface area contributed by atoms with Gasteiger partial charge in [0.1, 0.15) is 5.82 Å². The van der Waals surface area contributed by atoms with E-state index in [2.05, 4.69) is 15.3 Å². The number of amides is 1. The van der Waals surface area contributed by atoms with Gasteiger partial charge in [0.2, 0.25) is 5.91 Å². The van der Waals surface area contributed by atoms with E-state index in [0.717, 1.165) is 24.5 Å². The predicted molar refractivity (Wildman–Crippen MR) is 93.5 cm³/mol. The topological polar surface area (TPSA) is 59.4 Å². The largest absolute Gasteiger partial charge is 0.376 e. The second-order valence-corrected chi connectivity index (χ2v) is 6.38. The first-order valence-electron chi connectivity index (χ1n) is 8.29. The summed E-state index contributed by atoms with van der Waals surface area (Å²) in [6.45, 7) is 8.60. The second-order valence-electron chi connectivity index (χ2n) is 6.38. The van der Waals surface area contributed by atoms with Crippen molar-refractivity contribution in [3.05, 3.63) is 41.6 Å². The second kappa shape index (κ2) is 7.15. The van der Waals surface area contributed by atoms with Gasteiger partial charge in [-0.1, -0.05) is 17.7 Å². The molecule has 3 rings (SSSR count). The van der Waals surface area contributed by atoms with E-state index in [4.69, 9.17) is 4.74 Å². The number of aromatic nitrogens is 2. The molecule has 2 aromatic rings. The van der Waals surface area contributed by atoms with E-state index in [1.807, 2.05) is 51.1 Å². The van der Waals surface area contributed by atoms with Gasteiger partial charge in [0.15, 0.2) is 0 Å². The number of carbonyl (C=O) groups excluding carboxylic acids is 1. The number of benzene rings is 1. The molecule has 0 radical (unpaired) electrons. The van der Waals surface area contributed by atoms with Crippen LogP contribution in [0.25, 0.3) is 5.69 Å². The van der Waals surface area contributed by atoms with Crippen molar-refractivity contribution in [2.45, 2.75) is 26.9 Å². The highest BCUT2D eigenvalue weighted by Crippen LogP contribution is 2.18. The van der Waals surface area contributed by atoms with Crippen LogP contribution in [-0.4, -0.2) is 52.9 Å². The molecule has 6 nitrogen and oxygen atoms in total. The molecule has 1 aromatic carbocycles. The fourth-order valence-corrected chi connectivity index (χ4v) is 2.89. The van der Waals surface area contributed by atoms with Gasteiger partial charge in [-0.05, 0) is 32.9 Å². The minimum atomic E-state index is -0.0302. The monoisotopic (exact) mass is 328 g/mol. The number of morpholine rings is 1. The van der Waals surface area contributed by atoms with E-state index in [0.29, 0.717) is 19.0 Å². The molecule has 6 heteroatoms. The molecule has 1 aromatic heterocycles. The summed E-state index contributed by atoms with van der Waals surface area (Å²) in [5.41, 5.74) is 2.99. The highest BCUT2D eigenvalue weighted by Gasteiger charge is 2.20. The van der Waals surface area contributed by atoms with Gasteiger partial charge in [-0.25, -0.2) is 4.68 Å². The Bertz CT molecular complexity index is 708. The smallest absolute Gasteiger partial charge is 0.239 e. The van der Waals surface area contributed by atoms with Crippen molar-refractivity contribution in [1.29, 1.82) is 0 Å². The Labute approximate surface area is 142 Å². The number of anilines is 1. The molecule has 2 heterocycles. The number of hydrogen-bond donors (Lipinski definition) is 1. The Balaban J connectivity index is 1.70. The molecule has 0 saturated carbocycles. The number of rotatable bonds is 4. The molecule has 128 valence electrons. The molecular formula is C18H24N4O2. The van der Waals surface area contributed by atoms with E-state index in [9.17, 15) is 4.79 Å². The molecule has 0 spiro atoms. The molecule has 1 saturated heterocycles. The minimum absolute atomic E-state index is 0.0302. The number of nitrogens with one attached hydrogen (secondary N) is 1. The summed E-state index contributed by atoms with van der Waals surface area (Å²) in [5.74, 6) is 0.667. The van der Waals surface area contributed by atoms with Gasteiger partial charge in [0.25, 0.3) is 0 Å². The average molecular weight is 328 g/mol. The molecule has 1 amide bonds. The van der Waals surface area contributed by atoms with Crippen LogP contribution in [0.2, 0.25) is 0 Å². The van der Waals surface area contributed by atoms with Gasteiger partial charge in [-0.15, -0.1) is 0 Å². The van der Waals surface area contributed by atoms with Crippen LogP contribution in [0.4, 0.5) is 5.82 Å². The maximum Gasteiger partial charge on any atom is 0.239 e. The SMILES string of the molecule is Cc1ccc(-n2nc(C)cc2NC(=O)CN2CCO[C@@H](C)C2)cc1. The molecule has 1 fully saturated rings. The molecule has 1 aliphatic rings. The Kier molecular flexibility index (Phi) is 4.97. The van der Waals surface area contributed by atoms with Crippen molar-refractivity contribution in [3.63, 3.8) is 0 Å². The zero-order valence-electron chi connectivity index (χ0n) is 14.5. The first kappa shape index (κ1) is 16.7. The van der Waals surface area contributed by atoms with Gasteiger partial charge in [-0.3, -0.25) is 9.69 Å². The van der Waals surface area contributed by atoms with E-state index < -0.39 is 0 Å². The Hall–Kier alpha value is -2.18. The normalized spacial score (nSPS) is 18.5. The minimum Gasteiger partial charge on any atom is -0.376 e. The number of ether oxygens (including phenoxy) is 1. The predicted octanol–water partition coefficient (Wildman–Crippen LogP) is 2.15. The first-order chi connectivity index (χ1) is 11.5. The van der Waals surface area contributed by atoms with Gasteiger partial charge in [-0.2, -0.15) is 5.10 Å². The molecule has 1 aliphatic heterocycles. The van der Waals surface area contributed by atoms with E-state index in [1.54, 1.807) is 4.68 Å². The molecular weight excluding hydrogens is 304 g/mol. The van der Waals surface area contributed by atoms with Crippen LogP contribution in [0.15, 0.2) is 30.3 Å². The summed E-state index contributed by atoms with van der Waals surface area (Å²) in [6.07, 6.45) is 0.173. The molecule has 0 bridgehead atoms. The van der Waals surface area contributed by atoms with Crippen LogP contribution in [-0.2, 0) is 9.53 Å². The van der Waals surface area contributed by atoms with Crippen LogP contribution in [0.5, 0.6) is 0 Å². The zero-order chi connectivity index (χ0) is 17.1. The summed E-state index contributed by atoms with van der Waals surface area (Å²) < 4.78 is 7.28. The van der Waals surface area contributed by atoms with Crippen molar-refractivity contribution in [2.24, 2.45) is 0 Å². The highest BCUT2D eigenvalue weighted by molar-refractivity contribution is 5.91. The van der Waals surface area contributed by atoms with Crippen LogP contribution < -0.4 is 5.32 Å². The third-order valence-electron chi connectivity index (χ3n) is 4.07. The standard InChI is InChI=1S/C18H24N4O2/c1-13-4-6-16(7-5-13)22-17(10-14(2)20-22)19-18(23)12-21-8-9-24-15(3)11-21/h4-7,10,15H,8-9,11-12H2,1-3H3,(H,19,23)/t15-/m0/s1. The molecule has 24 heavy (non-hydrogen) atoms. The maximum atomic E-state index is 12.4. The molecule has 1 N–H and O–H groups in total. The number of nitrogens with zero attached hydrogens (tertiary/aromatic N) is 3. The highest BCUT2D eigenvalue weighted by atomic mass is 16.5. The Morgan fingerprint density at radius 1 is 1.33 bits per heavy atom. The lowest BCUT2D eigenvalue weighted by molar-refractivity contribution is -0.119. The van der Waals surface area contributed by atoms with Crippen molar-refractivity contribution in [2.75, 3.05) is 31.6 Å². The summed E-state index contributed by atoms with van der Waals surface area (Å²) in [4.78, 5) is 14.5. The molecule has 0 aliphatic carbocycles. The molecule has 0 unspecified atom stereocenters. The lowest BCUT2D eigenvalue weighted by Crippen LogP contribution is -2.44. The zero-order valence-corrected chi connectivity index (χ0v) is 14.5. The van der Waals surface area contributed by atoms with Crippen LogP contribution in [0.3, 0.4) is 0 Å². The van der Waals surface area contributed by atoms with E-state index >= 15 is 0 Å². The van der Waals surface area contributed by atoms with Crippen molar-refractivity contribution >= 4 is 11.7 Å². The van der Waals surface area contributed by atoms with Crippen LogP contribution in [0, 0.1) is 13.8 Å². The van der Waals surface area contributed by atoms with Crippen molar-refractivity contribution in [1.82, 2.24) is 14.7 Å². The number of carbonyl (C=O) groups is 1. The Morgan fingerprint density at radius 2 is 2.08 bits per heavy atom. The van der Waals surface area contributed by atoms with Gasteiger partial charge in [0, 0.05) is 19.2 Å². The summed E-state index contributed by atoms with van der Waals surface area (Å²) in [6, 6.07) is 9.96. The first-order valence-corrected chi connectivity index (χ1v) is 8.29. The summed E-state index contributed by atoms with van der Waals surface area (Å²) in [5, 5.41) is 7.48. The quantitative estimate of drug-likeness (QED) is 0.934. The fourth-order valence-electron chi connectivity index (χ4n) is 2.89. The van der Waals surface area contributed by atoms with Crippen molar-refractivity contribution in [3.8, 4) is 5.69 Å². The van der Waals surface area contributed by atoms with Gasteiger partial charge >= 0.3 is 0 Å². The van der Waals surface area contributed by atoms with Gasteiger partial charge in [0.05, 0.1) is 30.6 Å². The van der Waals surface area contributed by atoms with Crippen molar-refractivity contribution < 1.29 is 9.53 Å². The molecule has 1 atom stereocenters. The van der Waals surface area contributed by atoms with E-state index in [1.165, 1.54) is 5.56 Å². The van der Waals surface area contributed by atoms with Crippen LogP contribution in [0.1, 0.15) is 18.2 Å². The third-order valence-corrected chi connectivity index (χ3v) is 4.07. The van der Waals surface area contributed by atoms with Crippen LogP contribution >= 0.6 is 0 Å². The number of hydrogen-bond acceptors (Lipinski definition) is 4. The summed E-state index contributed by atoms with van der Waals surface area (Å²) >= 11 is 0. The Morgan fingerprint density at radius 3 is 2.79 bits per heavy atom.